The minimum absolute atomic E-state index is 0.321. The van der Waals surface area contributed by atoms with Gasteiger partial charge >= 0.3 is 0 Å². The van der Waals surface area contributed by atoms with Gasteiger partial charge in [0.1, 0.15) is 11.4 Å². The van der Waals surface area contributed by atoms with Crippen molar-refractivity contribution < 1.29 is 8.81 Å². The number of rotatable bonds is 2. The number of hydrogen-bond donors (Lipinski definition) is 0. The fourth-order valence-corrected chi connectivity index (χ4v) is 3.77. The first-order valence-corrected chi connectivity index (χ1v) is 8.49. The predicted octanol–water partition coefficient (Wildman–Crippen LogP) is 4.71. The van der Waals surface area contributed by atoms with E-state index in [1.54, 1.807) is 16.6 Å². The minimum Gasteiger partial charge on any atom is -0.453 e. The molecule has 3 heterocycles. The molecule has 0 amide bonds. The lowest BCUT2D eigenvalue weighted by molar-refractivity contribution is 0.626. The number of hydrogen-bond acceptors (Lipinski definition) is 5. The smallest absolute Gasteiger partial charge is 0.235 e. The molecule has 0 radical (unpaired) electrons. The molecule has 7 heteroatoms. The molecule has 5 rings (SSSR count). The van der Waals surface area contributed by atoms with Gasteiger partial charge in [-0.3, -0.25) is 0 Å². The maximum absolute atomic E-state index is 13.5. The maximum atomic E-state index is 13.5. The van der Waals surface area contributed by atoms with Gasteiger partial charge in [0, 0.05) is 16.5 Å². The minimum atomic E-state index is -0.321. The van der Waals surface area contributed by atoms with Gasteiger partial charge in [0.15, 0.2) is 16.6 Å². The van der Waals surface area contributed by atoms with Crippen LogP contribution >= 0.6 is 11.3 Å². The highest BCUT2D eigenvalue weighted by Gasteiger charge is 2.19. The quantitative estimate of drug-likeness (QED) is 0.462. The topological polar surface area (TPSA) is 56.2 Å². The van der Waals surface area contributed by atoms with Crippen molar-refractivity contribution in [2.45, 2.75) is 6.92 Å². The Labute approximate surface area is 145 Å². The van der Waals surface area contributed by atoms with Crippen molar-refractivity contribution in [3.8, 4) is 22.2 Å². The molecule has 0 bridgehead atoms. The molecular weight excluding hydrogens is 339 g/mol. The number of aromatic nitrogens is 4. The summed E-state index contributed by atoms with van der Waals surface area (Å²) in [6.45, 7) is 2.01. The third kappa shape index (κ3) is 2.16. The lowest BCUT2D eigenvalue weighted by Crippen LogP contribution is -1.91. The molecule has 0 spiro atoms. The van der Waals surface area contributed by atoms with Gasteiger partial charge in [0.25, 0.3) is 0 Å². The van der Waals surface area contributed by atoms with Crippen molar-refractivity contribution in [1.29, 1.82) is 0 Å². The lowest BCUT2D eigenvalue weighted by Gasteiger charge is -1.96. The van der Waals surface area contributed by atoms with Gasteiger partial charge in [0.2, 0.25) is 4.96 Å². The van der Waals surface area contributed by atoms with Crippen molar-refractivity contribution in [3.05, 3.63) is 59.9 Å². The molecule has 0 aliphatic rings. The molecule has 0 aliphatic heterocycles. The van der Waals surface area contributed by atoms with Crippen LogP contribution in [0, 0.1) is 12.7 Å². The number of aryl methyl sites for hydroxylation is 1. The summed E-state index contributed by atoms with van der Waals surface area (Å²) >= 11 is 1.39. The van der Waals surface area contributed by atoms with Crippen LogP contribution in [0.25, 0.3) is 38.1 Å². The molecule has 2 aromatic carbocycles. The first-order valence-electron chi connectivity index (χ1n) is 7.67. The molecule has 0 unspecified atom stereocenters. The molecule has 122 valence electrons. The van der Waals surface area contributed by atoms with E-state index in [1.165, 1.54) is 23.5 Å². The lowest BCUT2D eigenvalue weighted by atomic mass is 10.1. The Balaban J connectivity index is 1.69. The standard InChI is InChI=1S/C18H11FN4OS/c1-10-13-7-2-3-8-14(13)24-15(10)17-22-23-16(20-21-18(23)25-17)11-5-4-6-12(19)9-11/h2-9H,1H3. The third-order valence-electron chi connectivity index (χ3n) is 4.11. The van der Waals surface area contributed by atoms with Crippen LogP contribution in [0.5, 0.6) is 0 Å². The zero-order valence-corrected chi connectivity index (χ0v) is 13.9. The maximum Gasteiger partial charge on any atom is 0.235 e. The van der Waals surface area contributed by atoms with Crippen LogP contribution in [-0.4, -0.2) is 19.8 Å². The second-order valence-corrected chi connectivity index (χ2v) is 6.64. The first kappa shape index (κ1) is 14.3. The number of furan rings is 1. The Hall–Kier alpha value is -3.06. The van der Waals surface area contributed by atoms with Crippen LogP contribution < -0.4 is 0 Å². The Morgan fingerprint density at radius 3 is 2.80 bits per heavy atom. The average Bonchev–Trinajstić information content (AvgIpc) is 3.27. The number of nitrogens with zero attached hydrogens (tertiary/aromatic N) is 4. The highest BCUT2D eigenvalue weighted by Crippen LogP contribution is 2.35. The van der Waals surface area contributed by atoms with Crippen molar-refractivity contribution in [2.75, 3.05) is 0 Å². The van der Waals surface area contributed by atoms with E-state index in [9.17, 15) is 4.39 Å². The zero-order chi connectivity index (χ0) is 17.0. The van der Waals surface area contributed by atoms with Gasteiger partial charge in [-0.1, -0.05) is 41.7 Å². The molecule has 0 atom stereocenters. The molecule has 0 aliphatic carbocycles. The normalized spacial score (nSPS) is 11.6. The molecule has 5 aromatic rings. The molecule has 5 nitrogen and oxygen atoms in total. The molecular formula is C18H11FN4OS. The molecule has 0 saturated heterocycles. The molecule has 25 heavy (non-hydrogen) atoms. The second-order valence-electron chi connectivity index (χ2n) is 5.69. The summed E-state index contributed by atoms with van der Waals surface area (Å²) in [4.78, 5) is 0.633. The van der Waals surface area contributed by atoms with E-state index >= 15 is 0 Å². The highest BCUT2D eigenvalue weighted by atomic mass is 32.1. The monoisotopic (exact) mass is 350 g/mol. The van der Waals surface area contributed by atoms with Gasteiger partial charge in [-0.05, 0) is 25.1 Å². The molecule has 0 saturated carbocycles. The van der Waals surface area contributed by atoms with E-state index in [4.69, 9.17) is 4.42 Å². The van der Waals surface area contributed by atoms with E-state index in [2.05, 4.69) is 15.3 Å². The molecule has 0 fully saturated rings. The summed E-state index contributed by atoms with van der Waals surface area (Å²) in [5.74, 6) is 0.908. The Morgan fingerprint density at radius 2 is 1.96 bits per heavy atom. The summed E-state index contributed by atoms with van der Waals surface area (Å²) < 4.78 is 21.1. The van der Waals surface area contributed by atoms with Gasteiger partial charge in [-0.2, -0.15) is 4.52 Å². The van der Waals surface area contributed by atoms with Crippen molar-refractivity contribution >= 4 is 27.3 Å². The van der Waals surface area contributed by atoms with Crippen LogP contribution in [0.3, 0.4) is 0 Å². The predicted molar refractivity (Wildman–Crippen MR) is 94.0 cm³/mol. The van der Waals surface area contributed by atoms with Crippen LogP contribution in [0.4, 0.5) is 4.39 Å². The summed E-state index contributed by atoms with van der Waals surface area (Å²) in [6.07, 6.45) is 0. The average molecular weight is 350 g/mol. The molecule has 0 N–H and O–H groups in total. The zero-order valence-electron chi connectivity index (χ0n) is 13.1. The van der Waals surface area contributed by atoms with Crippen LogP contribution in [-0.2, 0) is 0 Å². The van der Waals surface area contributed by atoms with Gasteiger partial charge in [-0.25, -0.2) is 4.39 Å². The number of halogens is 1. The Bertz CT molecular complexity index is 1240. The van der Waals surface area contributed by atoms with E-state index in [0.717, 1.165) is 27.3 Å². The van der Waals surface area contributed by atoms with Gasteiger partial charge < -0.3 is 4.42 Å². The van der Waals surface area contributed by atoms with E-state index in [-0.39, 0.29) is 5.82 Å². The highest BCUT2D eigenvalue weighted by molar-refractivity contribution is 7.19. The van der Waals surface area contributed by atoms with E-state index < -0.39 is 0 Å². The van der Waals surface area contributed by atoms with Gasteiger partial charge in [-0.15, -0.1) is 15.3 Å². The van der Waals surface area contributed by atoms with Gasteiger partial charge in [0.05, 0.1) is 0 Å². The SMILES string of the molecule is Cc1c(-c2nn3c(-c4cccc(F)c4)nnc3s2)oc2ccccc12. The number of benzene rings is 2. The fraction of sp³-hybridized carbons (Fsp3) is 0.0556. The molecule has 3 aromatic heterocycles. The number of fused-ring (bicyclic) bond motifs is 2. The summed E-state index contributed by atoms with van der Waals surface area (Å²) in [5.41, 5.74) is 2.49. The number of para-hydroxylation sites is 1. The van der Waals surface area contributed by atoms with Crippen molar-refractivity contribution in [1.82, 2.24) is 19.8 Å². The first-order chi connectivity index (χ1) is 12.2. The third-order valence-corrected chi connectivity index (χ3v) is 5.01. The van der Waals surface area contributed by atoms with Crippen LogP contribution in [0.2, 0.25) is 0 Å². The van der Waals surface area contributed by atoms with Crippen molar-refractivity contribution in [3.63, 3.8) is 0 Å². The van der Waals surface area contributed by atoms with Crippen LogP contribution in [0.1, 0.15) is 5.56 Å². The largest absolute Gasteiger partial charge is 0.453 e. The Morgan fingerprint density at radius 1 is 1.08 bits per heavy atom. The van der Waals surface area contributed by atoms with E-state index in [0.29, 0.717) is 16.3 Å². The Kier molecular flexibility index (Phi) is 2.98. The summed E-state index contributed by atoms with van der Waals surface area (Å²) in [6, 6.07) is 14.1. The summed E-state index contributed by atoms with van der Waals surface area (Å²) in [5, 5.41) is 14.7. The van der Waals surface area contributed by atoms with Crippen LogP contribution in [0.15, 0.2) is 52.9 Å². The summed E-state index contributed by atoms with van der Waals surface area (Å²) in [7, 11) is 0. The fourth-order valence-electron chi connectivity index (χ4n) is 2.89. The second kappa shape index (κ2) is 5.22. The van der Waals surface area contributed by atoms with E-state index in [1.807, 2.05) is 31.2 Å². The van der Waals surface area contributed by atoms with Crippen molar-refractivity contribution in [2.24, 2.45) is 0 Å².